The molecule has 1 aromatic rings. The van der Waals surface area contributed by atoms with E-state index < -0.39 is 10.2 Å². The molecule has 6 heteroatoms. The lowest BCUT2D eigenvalue weighted by Gasteiger charge is -2.15. The summed E-state index contributed by atoms with van der Waals surface area (Å²) < 4.78 is 26.7. The summed E-state index contributed by atoms with van der Waals surface area (Å²) in [7, 11) is -0.603. The van der Waals surface area contributed by atoms with Crippen molar-refractivity contribution < 1.29 is 13.5 Å². The molecule has 90 valence electrons. The van der Waals surface area contributed by atoms with Crippen LogP contribution in [0.1, 0.15) is 11.1 Å². The molecule has 0 bridgehead atoms. The van der Waals surface area contributed by atoms with Crippen molar-refractivity contribution in [1.29, 1.82) is 0 Å². The molecule has 0 aliphatic carbocycles. The smallest absolute Gasteiger partial charge is 0.301 e. The van der Waals surface area contributed by atoms with Crippen LogP contribution in [0.3, 0.4) is 0 Å². The molecular formula is C10H16N2O3S. The van der Waals surface area contributed by atoms with Gasteiger partial charge in [-0.2, -0.15) is 12.7 Å². The molecule has 0 aliphatic heterocycles. The van der Waals surface area contributed by atoms with E-state index in [-0.39, 0.29) is 5.75 Å². The number of rotatable bonds is 3. The lowest BCUT2D eigenvalue weighted by molar-refractivity contribution is 0.470. The number of aryl methyl sites for hydroxylation is 2. The van der Waals surface area contributed by atoms with Crippen LogP contribution in [0, 0.1) is 13.8 Å². The lowest BCUT2D eigenvalue weighted by Crippen LogP contribution is -2.29. The number of aromatic hydroxyl groups is 1. The molecule has 2 N–H and O–H groups in total. The molecule has 5 nitrogen and oxygen atoms in total. The molecule has 0 saturated carbocycles. The van der Waals surface area contributed by atoms with Gasteiger partial charge in [0.1, 0.15) is 5.75 Å². The molecule has 0 unspecified atom stereocenters. The highest BCUT2D eigenvalue weighted by Gasteiger charge is 2.15. The molecule has 0 atom stereocenters. The van der Waals surface area contributed by atoms with Gasteiger partial charge in [-0.15, -0.1) is 0 Å². The summed E-state index contributed by atoms with van der Waals surface area (Å²) in [6.45, 7) is 3.44. The first-order valence-electron chi connectivity index (χ1n) is 4.74. The second kappa shape index (κ2) is 4.31. The van der Waals surface area contributed by atoms with E-state index in [0.29, 0.717) is 16.8 Å². The predicted molar refractivity (Wildman–Crippen MR) is 63.8 cm³/mol. The summed E-state index contributed by atoms with van der Waals surface area (Å²) in [5, 5.41) is 9.44. The van der Waals surface area contributed by atoms with E-state index >= 15 is 0 Å². The Morgan fingerprint density at radius 1 is 1.19 bits per heavy atom. The summed E-state index contributed by atoms with van der Waals surface area (Å²) in [6, 6.07) is 3.13. The Morgan fingerprint density at radius 3 is 2.25 bits per heavy atom. The first-order valence-corrected chi connectivity index (χ1v) is 6.18. The summed E-state index contributed by atoms with van der Waals surface area (Å²) in [6.07, 6.45) is 0. The average Bonchev–Trinajstić information content (AvgIpc) is 2.13. The van der Waals surface area contributed by atoms with Crippen LogP contribution in [0.4, 0.5) is 5.69 Å². The van der Waals surface area contributed by atoms with Crippen molar-refractivity contribution in [2.75, 3.05) is 18.8 Å². The maximum Gasteiger partial charge on any atom is 0.301 e. The molecule has 0 radical (unpaired) electrons. The van der Waals surface area contributed by atoms with Gasteiger partial charge in [-0.05, 0) is 37.1 Å². The molecule has 1 rings (SSSR count). The Morgan fingerprint density at radius 2 is 1.75 bits per heavy atom. The number of hydrogen-bond donors (Lipinski definition) is 2. The van der Waals surface area contributed by atoms with Crippen molar-refractivity contribution in [3.8, 4) is 5.75 Å². The maximum atomic E-state index is 11.6. The van der Waals surface area contributed by atoms with Gasteiger partial charge in [0.05, 0.1) is 5.69 Å². The Hall–Kier alpha value is -1.27. The van der Waals surface area contributed by atoms with Gasteiger partial charge in [0.15, 0.2) is 0 Å². The van der Waals surface area contributed by atoms with Crippen molar-refractivity contribution in [2.24, 2.45) is 0 Å². The van der Waals surface area contributed by atoms with Gasteiger partial charge in [0.25, 0.3) is 0 Å². The highest BCUT2D eigenvalue weighted by atomic mass is 32.2. The van der Waals surface area contributed by atoms with Crippen molar-refractivity contribution in [1.82, 2.24) is 4.31 Å². The quantitative estimate of drug-likeness (QED) is 0.786. The Bertz CT molecular complexity index is 495. The number of phenolic OH excluding ortho intramolecular Hbond substituents is 1. The van der Waals surface area contributed by atoms with Gasteiger partial charge in [0, 0.05) is 14.1 Å². The molecule has 0 heterocycles. The number of anilines is 1. The number of hydrogen-bond acceptors (Lipinski definition) is 3. The minimum Gasteiger partial charge on any atom is -0.508 e. The van der Waals surface area contributed by atoms with Gasteiger partial charge in [-0.25, -0.2) is 0 Å². The fourth-order valence-corrected chi connectivity index (χ4v) is 1.82. The molecule has 0 spiro atoms. The maximum absolute atomic E-state index is 11.6. The van der Waals surface area contributed by atoms with Crippen LogP contribution in [-0.4, -0.2) is 31.9 Å². The third-order valence-corrected chi connectivity index (χ3v) is 3.70. The van der Waals surface area contributed by atoms with Gasteiger partial charge in [0.2, 0.25) is 0 Å². The number of phenols is 1. The van der Waals surface area contributed by atoms with E-state index in [1.807, 2.05) is 0 Å². The fourth-order valence-electron chi connectivity index (χ4n) is 1.14. The van der Waals surface area contributed by atoms with Crippen molar-refractivity contribution in [2.45, 2.75) is 13.8 Å². The normalized spacial score (nSPS) is 11.8. The number of nitrogens with zero attached hydrogens (tertiary/aromatic N) is 1. The van der Waals surface area contributed by atoms with E-state index in [1.165, 1.54) is 20.2 Å². The van der Waals surface area contributed by atoms with Crippen LogP contribution in [0.5, 0.6) is 5.75 Å². The van der Waals surface area contributed by atoms with Crippen LogP contribution >= 0.6 is 0 Å². The first kappa shape index (κ1) is 12.8. The summed E-state index contributed by atoms with van der Waals surface area (Å²) >= 11 is 0. The highest BCUT2D eigenvalue weighted by molar-refractivity contribution is 7.90. The molecule has 0 aliphatic rings. The van der Waals surface area contributed by atoms with Crippen LogP contribution in [0.2, 0.25) is 0 Å². The van der Waals surface area contributed by atoms with Crippen LogP contribution in [0.25, 0.3) is 0 Å². The molecule has 1 aromatic carbocycles. The van der Waals surface area contributed by atoms with Gasteiger partial charge < -0.3 is 5.11 Å². The van der Waals surface area contributed by atoms with Crippen LogP contribution in [-0.2, 0) is 10.2 Å². The van der Waals surface area contributed by atoms with E-state index in [1.54, 1.807) is 19.9 Å². The highest BCUT2D eigenvalue weighted by Crippen LogP contribution is 2.25. The Balaban J connectivity index is 3.13. The fraction of sp³-hybridized carbons (Fsp3) is 0.400. The van der Waals surface area contributed by atoms with E-state index in [0.717, 1.165) is 4.31 Å². The van der Waals surface area contributed by atoms with Gasteiger partial charge in [-0.1, -0.05) is 0 Å². The molecule has 0 fully saturated rings. The largest absolute Gasteiger partial charge is 0.508 e. The van der Waals surface area contributed by atoms with Gasteiger partial charge in [-0.3, -0.25) is 4.72 Å². The second-order valence-electron chi connectivity index (χ2n) is 3.84. The molecule has 0 aromatic heterocycles. The van der Waals surface area contributed by atoms with E-state index in [4.69, 9.17) is 0 Å². The van der Waals surface area contributed by atoms with Crippen molar-refractivity contribution in [3.63, 3.8) is 0 Å². The van der Waals surface area contributed by atoms with E-state index in [9.17, 15) is 13.5 Å². The minimum absolute atomic E-state index is 0.158. The third kappa shape index (κ3) is 2.65. The summed E-state index contributed by atoms with van der Waals surface area (Å²) in [5.74, 6) is 0.158. The van der Waals surface area contributed by atoms with Crippen molar-refractivity contribution in [3.05, 3.63) is 23.3 Å². The number of benzene rings is 1. The zero-order valence-corrected chi connectivity index (χ0v) is 10.6. The molecule has 0 saturated heterocycles. The zero-order chi connectivity index (χ0) is 12.5. The SMILES string of the molecule is Cc1cc(NS(=O)(=O)N(C)C)c(C)cc1O. The van der Waals surface area contributed by atoms with Crippen LogP contribution < -0.4 is 4.72 Å². The van der Waals surface area contributed by atoms with Crippen molar-refractivity contribution >= 4 is 15.9 Å². The summed E-state index contributed by atoms with van der Waals surface area (Å²) in [5.41, 5.74) is 1.78. The summed E-state index contributed by atoms with van der Waals surface area (Å²) in [4.78, 5) is 0. The molecule has 0 amide bonds. The van der Waals surface area contributed by atoms with Gasteiger partial charge >= 0.3 is 10.2 Å². The first-order chi connectivity index (χ1) is 7.24. The standard InChI is InChI=1S/C10H16N2O3S/c1-7-6-10(13)8(2)5-9(7)11-16(14,15)12(3)4/h5-6,11,13H,1-4H3. The Kier molecular flexibility index (Phi) is 3.44. The monoisotopic (exact) mass is 244 g/mol. The predicted octanol–water partition coefficient (Wildman–Crippen LogP) is 1.23. The van der Waals surface area contributed by atoms with Crippen LogP contribution in [0.15, 0.2) is 12.1 Å². The topological polar surface area (TPSA) is 69.6 Å². The minimum atomic E-state index is -3.50. The second-order valence-corrected chi connectivity index (χ2v) is 5.73. The molecular weight excluding hydrogens is 228 g/mol. The third-order valence-electron chi connectivity index (χ3n) is 2.26. The lowest BCUT2D eigenvalue weighted by atomic mass is 10.1. The molecule has 16 heavy (non-hydrogen) atoms. The van der Waals surface area contributed by atoms with E-state index in [2.05, 4.69) is 4.72 Å². The zero-order valence-electron chi connectivity index (χ0n) is 9.77. The average molecular weight is 244 g/mol. The Labute approximate surface area is 95.9 Å². The number of nitrogens with one attached hydrogen (secondary N) is 1.